The van der Waals surface area contributed by atoms with E-state index >= 15 is 0 Å². The second-order valence-electron chi connectivity index (χ2n) is 1.89. The van der Waals surface area contributed by atoms with Crippen molar-refractivity contribution in [2.75, 3.05) is 12.4 Å². The molecule has 12 heavy (non-hydrogen) atoms. The zero-order valence-electron chi connectivity index (χ0n) is 6.65. The van der Waals surface area contributed by atoms with Crippen LogP contribution in [0.5, 0.6) is 0 Å². The van der Waals surface area contributed by atoms with Crippen molar-refractivity contribution in [2.24, 2.45) is 5.73 Å². The molecule has 1 unspecified atom stereocenters. The molecule has 0 amide bonds. The molecule has 70 valence electrons. The number of ether oxygens (including phenoxy) is 2. The molecule has 0 saturated heterocycles. The van der Waals surface area contributed by atoms with Crippen molar-refractivity contribution in [1.29, 1.82) is 0 Å². The van der Waals surface area contributed by atoms with Crippen LogP contribution in [0.2, 0.25) is 0 Å². The second-order valence-corrected chi connectivity index (χ2v) is 2.26. The Labute approximate surface area is 75.6 Å². The second kappa shape index (κ2) is 5.84. The zero-order chi connectivity index (χ0) is 9.56. The van der Waals surface area contributed by atoms with Crippen LogP contribution < -0.4 is 5.73 Å². The van der Waals surface area contributed by atoms with Crippen LogP contribution >= 0.6 is 12.6 Å². The van der Waals surface area contributed by atoms with Gasteiger partial charge in [-0.2, -0.15) is 12.6 Å². The SMILES string of the molecule is CCOC(=O)OC(=O)C(N)CS. The van der Waals surface area contributed by atoms with Crippen LogP contribution in [0.1, 0.15) is 6.92 Å². The maximum absolute atomic E-state index is 10.8. The highest BCUT2D eigenvalue weighted by Gasteiger charge is 2.17. The largest absolute Gasteiger partial charge is 0.516 e. The molecule has 0 rings (SSSR count). The Balaban J connectivity index is 3.76. The lowest BCUT2D eigenvalue weighted by Crippen LogP contribution is -2.35. The normalized spacial score (nSPS) is 11.9. The van der Waals surface area contributed by atoms with Crippen molar-refractivity contribution in [3.8, 4) is 0 Å². The highest BCUT2D eigenvalue weighted by atomic mass is 32.1. The van der Waals surface area contributed by atoms with Crippen LogP contribution in [0.25, 0.3) is 0 Å². The molecular formula is C6H11NO4S. The Kier molecular flexibility index (Phi) is 5.48. The Hall–Kier alpha value is -0.750. The molecule has 0 aliphatic heterocycles. The fourth-order valence-electron chi connectivity index (χ4n) is 0.380. The third-order valence-electron chi connectivity index (χ3n) is 0.946. The van der Waals surface area contributed by atoms with Crippen molar-refractivity contribution in [3.63, 3.8) is 0 Å². The summed E-state index contributed by atoms with van der Waals surface area (Å²) in [5, 5.41) is 0. The monoisotopic (exact) mass is 193 g/mol. The van der Waals surface area contributed by atoms with Crippen LogP contribution in [0.3, 0.4) is 0 Å². The number of nitrogens with two attached hydrogens (primary N) is 1. The Morgan fingerprint density at radius 2 is 2.17 bits per heavy atom. The first-order chi connectivity index (χ1) is 5.61. The third kappa shape index (κ3) is 4.20. The van der Waals surface area contributed by atoms with Crippen molar-refractivity contribution in [2.45, 2.75) is 13.0 Å². The number of thiol groups is 1. The van der Waals surface area contributed by atoms with Gasteiger partial charge in [0, 0.05) is 5.75 Å². The fraction of sp³-hybridized carbons (Fsp3) is 0.667. The number of carbonyl (C=O) groups is 2. The number of carbonyl (C=O) groups excluding carboxylic acids is 2. The summed E-state index contributed by atoms with van der Waals surface area (Å²) in [5.41, 5.74) is 5.20. The molecule has 0 aromatic heterocycles. The lowest BCUT2D eigenvalue weighted by atomic mass is 10.4. The van der Waals surface area contributed by atoms with E-state index in [4.69, 9.17) is 5.73 Å². The maximum atomic E-state index is 10.8. The molecule has 0 aromatic rings. The third-order valence-corrected chi connectivity index (χ3v) is 1.34. The molecule has 0 heterocycles. The molecule has 0 aliphatic rings. The van der Waals surface area contributed by atoms with E-state index in [1.54, 1.807) is 6.92 Å². The molecule has 2 N–H and O–H groups in total. The summed E-state index contributed by atoms with van der Waals surface area (Å²) in [6.07, 6.45) is -1.03. The first-order valence-electron chi connectivity index (χ1n) is 3.36. The Morgan fingerprint density at radius 1 is 1.58 bits per heavy atom. The van der Waals surface area contributed by atoms with Gasteiger partial charge in [-0.1, -0.05) is 0 Å². The van der Waals surface area contributed by atoms with E-state index < -0.39 is 18.2 Å². The number of hydrogen-bond acceptors (Lipinski definition) is 6. The van der Waals surface area contributed by atoms with Gasteiger partial charge < -0.3 is 15.2 Å². The molecule has 0 aliphatic carbocycles. The van der Waals surface area contributed by atoms with Gasteiger partial charge >= 0.3 is 12.1 Å². The average Bonchev–Trinajstić information content (AvgIpc) is 2.03. The van der Waals surface area contributed by atoms with Gasteiger partial charge in [-0.05, 0) is 6.92 Å². The smallest absolute Gasteiger partial charge is 0.434 e. The minimum atomic E-state index is -1.03. The molecule has 0 spiro atoms. The molecule has 6 heteroatoms. The van der Waals surface area contributed by atoms with Crippen LogP contribution in [-0.4, -0.2) is 30.5 Å². The molecule has 0 fully saturated rings. The van der Waals surface area contributed by atoms with Gasteiger partial charge in [-0.25, -0.2) is 9.59 Å². The minimum Gasteiger partial charge on any atom is -0.434 e. The van der Waals surface area contributed by atoms with E-state index in [0.29, 0.717) is 0 Å². The van der Waals surface area contributed by atoms with Crippen LogP contribution in [0.15, 0.2) is 0 Å². The van der Waals surface area contributed by atoms with E-state index in [9.17, 15) is 9.59 Å². The van der Waals surface area contributed by atoms with Crippen molar-refractivity contribution >= 4 is 24.8 Å². The maximum Gasteiger partial charge on any atom is 0.516 e. The van der Waals surface area contributed by atoms with Crippen LogP contribution in [-0.2, 0) is 14.3 Å². The van der Waals surface area contributed by atoms with Gasteiger partial charge in [0.2, 0.25) is 0 Å². The van der Waals surface area contributed by atoms with Crippen molar-refractivity contribution in [1.82, 2.24) is 0 Å². The van der Waals surface area contributed by atoms with Crippen LogP contribution in [0.4, 0.5) is 4.79 Å². The van der Waals surface area contributed by atoms with Crippen molar-refractivity contribution < 1.29 is 19.1 Å². The molecule has 5 nitrogen and oxygen atoms in total. The standard InChI is InChI=1S/C6H11NO4S/c1-2-10-6(9)11-5(8)4(7)3-12/h4,12H,2-3,7H2,1H3. The van der Waals surface area contributed by atoms with E-state index in [0.717, 1.165) is 0 Å². The highest BCUT2D eigenvalue weighted by molar-refractivity contribution is 7.80. The number of hydrogen-bond donors (Lipinski definition) is 2. The highest BCUT2D eigenvalue weighted by Crippen LogP contribution is 1.91. The predicted octanol–water partition coefficient (Wildman–Crippen LogP) is -0.0568. The van der Waals surface area contributed by atoms with Gasteiger partial charge in [0.05, 0.1) is 6.61 Å². The zero-order valence-corrected chi connectivity index (χ0v) is 7.54. The van der Waals surface area contributed by atoms with E-state index in [1.807, 2.05) is 0 Å². The molecule has 0 aromatic carbocycles. The predicted molar refractivity (Wildman–Crippen MR) is 44.9 cm³/mol. The number of rotatable bonds is 3. The van der Waals surface area contributed by atoms with Crippen molar-refractivity contribution in [3.05, 3.63) is 0 Å². The topological polar surface area (TPSA) is 78.6 Å². The van der Waals surface area contributed by atoms with Gasteiger partial charge in [0.15, 0.2) is 0 Å². The summed E-state index contributed by atoms with van der Waals surface area (Å²) >= 11 is 3.75. The fourth-order valence-corrected chi connectivity index (χ4v) is 0.529. The quantitative estimate of drug-likeness (QED) is 0.373. The molecule has 1 atom stereocenters. The van der Waals surface area contributed by atoms with Gasteiger partial charge in [-0.3, -0.25) is 0 Å². The van der Waals surface area contributed by atoms with E-state index in [2.05, 4.69) is 22.1 Å². The summed E-state index contributed by atoms with van der Waals surface area (Å²) in [6.45, 7) is 1.76. The number of esters is 1. The summed E-state index contributed by atoms with van der Waals surface area (Å²) in [5.74, 6) is -0.707. The molecule has 0 saturated carbocycles. The average molecular weight is 193 g/mol. The van der Waals surface area contributed by atoms with Gasteiger partial charge in [-0.15, -0.1) is 0 Å². The van der Waals surface area contributed by atoms with Gasteiger partial charge in [0.1, 0.15) is 6.04 Å². The minimum absolute atomic E-state index is 0.123. The first kappa shape index (κ1) is 11.2. The summed E-state index contributed by atoms with van der Waals surface area (Å²) in [4.78, 5) is 21.3. The lowest BCUT2D eigenvalue weighted by Gasteiger charge is -2.06. The van der Waals surface area contributed by atoms with E-state index in [1.165, 1.54) is 0 Å². The lowest BCUT2D eigenvalue weighted by molar-refractivity contribution is -0.140. The summed E-state index contributed by atoms with van der Waals surface area (Å²) in [6, 6.07) is -0.891. The van der Waals surface area contributed by atoms with Crippen LogP contribution in [0, 0.1) is 0 Å². The molecular weight excluding hydrogens is 182 g/mol. The summed E-state index contributed by atoms with van der Waals surface area (Å²) in [7, 11) is 0. The first-order valence-corrected chi connectivity index (χ1v) is 4.00. The van der Waals surface area contributed by atoms with E-state index in [-0.39, 0.29) is 12.4 Å². The Bertz CT molecular complexity index is 173. The van der Waals surface area contributed by atoms with Gasteiger partial charge in [0.25, 0.3) is 0 Å². The summed E-state index contributed by atoms with van der Waals surface area (Å²) < 4.78 is 8.51. The molecule has 0 radical (unpaired) electrons. The molecule has 0 bridgehead atoms. The Morgan fingerprint density at radius 3 is 2.58 bits per heavy atom.